The Morgan fingerprint density at radius 2 is 1.92 bits per heavy atom. The van der Waals surface area contributed by atoms with Gasteiger partial charge in [0.2, 0.25) is 0 Å². The molecule has 0 aliphatic heterocycles. The number of furan rings is 1. The second-order valence-corrected chi connectivity index (χ2v) is 3.52. The van der Waals surface area contributed by atoms with Crippen LogP contribution in [0.4, 0.5) is 0 Å². The van der Waals surface area contributed by atoms with Crippen LogP contribution in [0.5, 0.6) is 0 Å². The van der Waals surface area contributed by atoms with Crippen LogP contribution in [0, 0.1) is 0 Å². The zero-order valence-electron chi connectivity index (χ0n) is 6.35. The van der Waals surface area contributed by atoms with Gasteiger partial charge in [-0.3, -0.25) is 0 Å². The van der Waals surface area contributed by atoms with Crippen LogP contribution < -0.4 is 46.5 Å². The van der Waals surface area contributed by atoms with E-state index < -0.39 is 0 Å². The van der Waals surface area contributed by atoms with Crippen LogP contribution in [-0.4, -0.2) is 22.5 Å². The summed E-state index contributed by atoms with van der Waals surface area (Å²) in [6.07, 6.45) is 1.68. The van der Waals surface area contributed by atoms with Crippen molar-refractivity contribution in [3.05, 3.63) is 18.1 Å². The number of hydrogen-bond acceptors (Lipinski definition) is 2. The van der Waals surface area contributed by atoms with Gasteiger partial charge in [0.15, 0.2) is 0 Å². The van der Waals surface area contributed by atoms with Crippen molar-refractivity contribution in [3.8, 4) is 0 Å². The van der Waals surface area contributed by atoms with Crippen LogP contribution in [0.25, 0.3) is 0 Å². The Morgan fingerprint density at radius 1 is 1.42 bits per heavy atom. The summed E-state index contributed by atoms with van der Waals surface area (Å²) in [5.41, 5.74) is 5.58. The molecular weight excluding hydrogens is 327 g/mol. The van der Waals surface area contributed by atoms with E-state index in [0.29, 0.717) is 0 Å². The third-order valence-corrected chi connectivity index (χ3v) is 2.29. The van der Waals surface area contributed by atoms with Crippen molar-refractivity contribution in [2.75, 3.05) is 0 Å². The first-order chi connectivity index (χ1) is 4.22. The molecule has 0 radical (unpaired) electrons. The Morgan fingerprint density at radius 3 is 2.08 bits per heavy atom. The average Bonchev–Trinajstić information content (AvgIpc) is 2.13. The molecule has 0 saturated heterocycles. The van der Waals surface area contributed by atoms with Crippen molar-refractivity contribution in [2.24, 2.45) is 5.73 Å². The largest absolute Gasteiger partial charge is 1.00 e. The van der Waals surface area contributed by atoms with Gasteiger partial charge in [-0.15, -0.1) is 0 Å². The molecule has 0 fully saturated rings. The van der Waals surface area contributed by atoms with E-state index in [4.69, 9.17) is 10.2 Å². The van der Waals surface area contributed by atoms with E-state index in [9.17, 15) is 0 Å². The second kappa shape index (κ2) is 8.50. The van der Waals surface area contributed by atoms with Gasteiger partial charge in [0.1, 0.15) is 0 Å². The fourth-order valence-corrected chi connectivity index (χ4v) is 1.69. The van der Waals surface area contributed by atoms with Crippen LogP contribution in [0.2, 0.25) is 0 Å². The van der Waals surface area contributed by atoms with Gasteiger partial charge in [0, 0.05) is 0 Å². The second-order valence-electron chi connectivity index (χ2n) is 1.99. The number of hydrogen-bond donors (Lipinski definition) is 1. The molecule has 1 heterocycles. The fourth-order valence-electron chi connectivity index (χ4n) is 0.674. The van der Waals surface area contributed by atoms with Crippen molar-refractivity contribution < 1.29 is 41.6 Å². The van der Waals surface area contributed by atoms with Crippen LogP contribution in [-0.2, 0) is 0 Å². The molecule has 2 N–H and O–H groups in total. The summed E-state index contributed by atoms with van der Waals surface area (Å²) in [5.74, 6) is 0.924. The van der Waals surface area contributed by atoms with Gasteiger partial charge in [-0.2, -0.15) is 0 Å². The minimum Gasteiger partial charge on any atom is -1.00 e. The third kappa shape index (κ3) is 4.82. The van der Waals surface area contributed by atoms with Gasteiger partial charge in [-0.1, -0.05) is 0 Å². The molecular formula is C6H8Cl3NOSn. The first-order valence-electron chi connectivity index (χ1n) is 2.76. The van der Waals surface area contributed by atoms with Gasteiger partial charge in [-0.25, -0.2) is 0 Å². The summed E-state index contributed by atoms with van der Waals surface area (Å²) < 4.78 is 6.34. The molecule has 0 aliphatic carbocycles. The molecule has 1 unspecified atom stereocenters. The Balaban J connectivity index is -0.000000270. The Labute approximate surface area is 104 Å². The zero-order valence-corrected chi connectivity index (χ0v) is 11.5. The van der Waals surface area contributed by atoms with E-state index in [2.05, 4.69) is 0 Å². The van der Waals surface area contributed by atoms with Crippen molar-refractivity contribution in [3.63, 3.8) is 0 Å². The molecule has 0 aromatic carbocycles. The summed E-state index contributed by atoms with van der Waals surface area (Å²) in [6, 6.07) is 1.99. The Hall–Kier alpha value is 0.909. The minimum absolute atomic E-state index is 0. The third-order valence-electron chi connectivity index (χ3n) is 1.11. The number of rotatable bonds is 1. The average molecular weight is 335 g/mol. The summed E-state index contributed by atoms with van der Waals surface area (Å²) in [5, 5.41) is 0. The summed E-state index contributed by atoms with van der Waals surface area (Å²) in [6.45, 7) is 1.92. The molecule has 6 heteroatoms. The normalized spacial score (nSPS) is 10.3. The summed E-state index contributed by atoms with van der Waals surface area (Å²) in [7, 11) is 0. The molecule has 0 aliphatic rings. The molecule has 1 atom stereocenters. The molecule has 12 heavy (non-hydrogen) atoms. The van der Waals surface area contributed by atoms with Crippen LogP contribution in [0.3, 0.4) is 0 Å². The Kier molecular flexibility index (Phi) is 13.2. The van der Waals surface area contributed by atoms with Gasteiger partial charge in [-0.05, 0) is 0 Å². The maximum atomic E-state index is 5.58. The smallest absolute Gasteiger partial charge is 1.00 e. The molecule has 2 nitrogen and oxygen atoms in total. The van der Waals surface area contributed by atoms with Crippen molar-refractivity contribution >= 4 is 26.1 Å². The van der Waals surface area contributed by atoms with E-state index in [-0.39, 0.29) is 43.3 Å². The Bertz CT molecular complexity index is 204. The van der Waals surface area contributed by atoms with E-state index in [1.807, 2.05) is 13.0 Å². The predicted molar refractivity (Wildman–Crippen MR) is 36.7 cm³/mol. The van der Waals surface area contributed by atoms with Crippen molar-refractivity contribution in [1.29, 1.82) is 0 Å². The minimum atomic E-state index is 0. The van der Waals surface area contributed by atoms with Gasteiger partial charge in [0.05, 0.1) is 0 Å². The first-order valence-corrected chi connectivity index (χ1v) is 4.19. The molecule has 0 saturated carbocycles. The van der Waals surface area contributed by atoms with Crippen LogP contribution in [0.15, 0.2) is 16.7 Å². The van der Waals surface area contributed by atoms with Crippen molar-refractivity contribution in [1.82, 2.24) is 0 Å². The number of nitrogens with two attached hydrogens (primary N) is 1. The molecule has 0 amide bonds. The predicted octanol–water partition coefficient (Wildman–Crippen LogP) is -8.89. The molecule has 1 aromatic heterocycles. The van der Waals surface area contributed by atoms with Crippen LogP contribution in [0.1, 0.15) is 18.7 Å². The first kappa shape index (κ1) is 18.6. The van der Waals surface area contributed by atoms with Crippen molar-refractivity contribution in [2.45, 2.75) is 13.0 Å². The maximum absolute atomic E-state index is 5.58. The summed E-state index contributed by atoms with van der Waals surface area (Å²) in [4.78, 5) is 0. The monoisotopic (exact) mass is 335 g/mol. The van der Waals surface area contributed by atoms with E-state index in [1.165, 1.54) is 26.1 Å². The molecule has 1 rings (SSSR count). The molecule has 0 bridgehead atoms. The standard InChI is InChI=1S/C6H8NO.3ClH.Sn/c1-5(7)6-3-2-4-8-6;;;;/h2,4-5H,7H2,1H3;3*1H;/q;;;;+3/p-3. The van der Waals surface area contributed by atoms with Gasteiger partial charge in [0.25, 0.3) is 0 Å². The molecule has 0 spiro atoms. The quantitative estimate of drug-likeness (QED) is 0.518. The number of halogens is 3. The SMILES string of the molecule is CC(N)c1occ[c]1[Sn+3].[Cl-].[Cl-].[Cl-]. The molecule has 1 aromatic rings. The van der Waals surface area contributed by atoms with Gasteiger partial charge >= 0.3 is 67.3 Å². The maximum Gasteiger partial charge on any atom is -1.00 e. The fraction of sp³-hybridized carbons (Fsp3) is 0.333. The van der Waals surface area contributed by atoms with E-state index in [0.717, 1.165) is 5.76 Å². The topological polar surface area (TPSA) is 39.2 Å². The zero-order chi connectivity index (χ0) is 6.85. The van der Waals surface area contributed by atoms with E-state index in [1.54, 1.807) is 6.26 Å². The summed E-state index contributed by atoms with van der Waals surface area (Å²) >= 11 is 1.36. The van der Waals surface area contributed by atoms with Gasteiger partial charge < -0.3 is 37.2 Å². The van der Waals surface area contributed by atoms with Crippen LogP contribution >= 0.6 is 0 Å². The molecule has 68 valence electrons. The van der Waals surface area contributed by atoms with E-state index >= 15 is 0 Å².